The summed E-state index contributed by atoms with van der Waals surface area (Å²) >= 11 is 0. The van der Waals surface area contributed by atoms with Crippen molar-refractivity contribution < 1.29 is 4.42 Å². The van der Waals surface area contributed by atoms with Crippen LogP contribution in [-0.2, 0) is 0 Å². The van der Waals surface area contributed by atoms with Crippen molar-refractivity contribution in [1.82, 2.24) is 9.97 Å². The molecular formula is C13H18N2O. The Hall–Kier alpha value is -1.38. The van der Waals surface area contributed by atoms with Crippen molar-refractivity contribution >= 4 is 11.1 Å². The van der Waals surface area contributed by atoms with E-state index in [4.69, 9.17) is 4.42 Å². The predicted octanol–water partition coefficient (Wildman–Crippen LogP) is 3.78. The molecule has 0 aliphatic rings. The summed E-state index contributed by atoms with van der Waals surface area (Å²) in [6.45, 7) is 10.5. The Morgan fingerprint density at radius 2 is 1.81 bits per heavy atom. The lowest BCUT2D eigenvalue weighted by Gasteiger charge is -2.00. The molecule has 0 unspecified atom stereocenters. The van der Waals surface area contributed by atoms with Gasteiger partial charge in [-0.1, -0.05) is 27.7 Å². The number of fused-ring (bicyclic) bond motifs is 1. The Morgan fingerprint density at radius 1 is 1.12 bits per heavy atom. The van der Waals surface area contributed by atoms with E-state index in [1.807, 2.05) is 6.20 Å². The summed E-state index contributed by atoms with van der Waals surface area (Å²) in [5, 5.41) is 1.04. The molecule has 0 fully saturated rings. The number of furan rings is 1. The number of aryl methyl sites for hydroxylation is 1. The molecule has 0 aromatic carbocycles. The fourth-order valence-electron chi connectivity index (χ4n) is 1.86. The minimum Gasteiger partial charge on any atom is -0.442 e. The zero-order chi connectivity index (χ0) is 11.9. The second-order valence-electron chi connectivity index (χ2n) is 4.85. The van der Waals surface area contributed by atoms with Crippen LogP contribution in [0.3, 0.4) is 0 Å². The second kappa shape index (κ2) is 3.89. The van der Waals surface area contributed by atoms with Gasteiger partial charge in [-0.2, -0.15) is 4.98 Å². The summed E-state index contributed by atoms with van der Waals surface area (Å²) in [4.78, 5) is 8.83. The van der Waals surface area contributed by atoms with E-state index < -0.39 is 0 Å². The van der Waals surface area contributed by atoms with Crippen LogP contribution in [0.1, 0.15) is 56.7 Å². The van der Waals surface area contributed by atoms with Gasteiger partial charge < -0.3 is 4.42 Å². The van der Waals surface area contributed by atoms with Crippen LogP contribution in [0.5, 0.6) is 0 Å². The molecule has 86 valence electrons. The molecule has 0 radical (unpaired) electrons. The standard InChI is InChI=1S/C13H18N2O/c1-7(2)11-9(5)10-6-14-12(8(3)4)15-13(10)16-11/h6-8H,1-5H3. The molecule has 2 heterocycles. The molecule has 2 aromatic rings. The van der Waals surface area contributed by atoms with Crippen LogP contribution >= 0.6 is 0 Å². The van der Waals surface area contributed by atoms with Crippen LogP contribution in [0.25, 0.3) is 11.1 Å². The van der Waals surface area contributed by atoms with Crippen LogP contribution < -0.4 is 0 Å². The molecule has 0 aliphatic carbocycles. The highest BCUT2D eigenvalue weighted by Crippen LogP contribution is 2.29. The number of hydrogen-bond donors (Lipinski definition) is 0. The van der Waals surface area contributed by atoms with Crippen molar-refractivity contribution in [1.29, 1.82) is 0 Å². The second-order valence-corrected chi connectivity index (χ2v) is 4.85. The summed E-state index contributed by atoms with van der Waals surface area (Å²) in [5.74, 6) is 2.58. The van der Waals surface area contributed by atoms with E-state index in [1.165, 1.54) is 5.56 Å². The Balaban J connectivity index is 2.63. The minimum atomic E-state index is 0.331. The maximum atomic E-state index is 5.80. The maximum Gasteiger partial charge on any atom is 0.229 e. The summed E-state index contributed by atoms with van der Waals surface area (Å²) in [7, 11) is 0. The molecule has 3 nitrogen and oxygen atoms in total. The van der Waals surface area contributed by atoms with E-state index >= 15 is 0 Å². The Kier molecular flexibility index (Phi) is 2.70. The van der Waals surface area contributed by atoms with Gasteiger partial charge in [0, 0.05) is 23.6 Å². The highest BCUT2D eigenvalue weighted by atomic mass is 16.3. The zero-order valence-electron chi connectivity index (χ0n) is 10.5. The predicted molar refractivity (Wildman–Crippen MR) is 64.7 cm³/mol. The molecule has 16 heavy (non-hydrogen) atoms. The van der Waals surface area contributed by atoms with Crippen molar-refractivity contribution in [2.24, 2.45) is 0 Å². The molecular weight excluding hydrogens is 200 g/mol. The third kappa shape index (κ3) is 1.70. The Bertz CT molecular complexity index is 512. The summed E-state index contributed by atoms with van der Waals surface area (Å²) < 4.78 is 5.80. The topological polar surface area (TPSA) is 38.9 Å². The van der Waals surface area contributed by atoms with E-state index in [2.05, 4.69) is 44.6 Å². The molecule has 0 spiro atoms. The van der Waals surface area contributed by atoms with Gasteiger partial charge in [-0.25, -0.2) is 4.98 Å². The normalized spacial score (nSPS) is 11.9. The lowest BCUT2D eigenvalue weighted by atomic mass is 10.1. The molecule has 3 heteroatoms. The zero-order valence-corrected chi connectivity index (χ0v) is 10.5. The first-order chi connectivity index (χ1) is 7.50. The molecule has 0 saturated carbocycles. The van der Waals surface area contributed by atoms with Gasteiger partial charge in [-0.15, -0.1) is 0 Å². The van der Waals surface area contributed by atoms with Gasteiger partial charge in [0.2, 0.25) is 5.71 Å². The molecule has 0 N–H and O–H groups in total. The lowest BCUT2D eigenvalue weighted by Crippen LogP contribution is -1.95. The summed E-state index contributed by atoms with van der Waals surface area (Å²) in [5.41, 5.74) is 1.89. The average molecular weight is 218 g/mol. The highest BCUT2D eigenvalue weighted by Gasteiger charge is 2.15. The number of aromatic nitrogens is 2. The van der Waals surface area contributed by atoms with E-state index in [-0.39, 0.29) is 0 Å². The van der Waals surface area contributed by atoms with E-state index in [1.54, 1.807) is 0 Å². The van der Waals surface area contributed by atoms with Crippen LogP contribution in [0.2, 0.25) is 0 Å². The molecule has 2 rings (SSSR count). The minimum absolute atomic E-state index is 0.331. The first-order valence-corrected chi connectivity index (χ1v) is 5.76. The fourth-order valence-corrected chi connectivity index (χ4v) is 1.86. The summed E-state index contributed by atoms with van der Waals surface area (Å²) in [6.07, 6.45) is 1.88. The molecule has 0 aliphatic heterocycles. The highest BCUT2D eigenvalue weighted by molar-refractivity contribution is 5.77. The molecule has 2 aromatic heterocycles. The number of hydrogen-bond acceptors (Lipinski definition) is 3. The Labute approximate surface area is 95.9 Å². The molecule has 0 bridgehead atoms. The maximum absolute atomic E-state index is 5.80. The van der Waals surface area contributed by atoms with E-state index in [0.717, 1.165) is 22.7 Å². The largest absolute Gasteiger partial charge is 0.442 e. The average Bonchev–Trinajstić information content (AvgIpc) is 2.55. The fraction of sp³-hybridized carbons (Fsp3) is 0.538. The van der Waals surface area contributed by atoms with Gasteiger partial charge in [-0.3, -0.25) is 0 Å². The van der Waals surface area contributed by atoms with Crippen molar-refractivity contribution in [2.45, 2.75) is 46.5 Å². The first kappa shape index (κ1) is 11.1. The number of nitrogens with zero attached hydrogens (tertiary/aromatic N) is 2. The quantitative estimate of drug-likeness (QED) is 0.770. The van der Waals surface area contributed by atoms with Gasteiger partial charge in [-0.05, 0) is 6.92 Å². The van der Waals surface area contributed by atoms with Crippen LogP contribution in [0, 0.1) is 6.92 Å². The van der Waals surface area contributed by atoms with Crippen molar-refractivity contribution in [2.75, 3.05) is 0 Å². The molecule has 0 amide bonds. The third-order valence-corrected chi connectivity index (χ3v) is 2.79. The van der Waals surface area contributed by atoms with E-state index in [9.17, 15) is 0 Å². The SMILES string of the molecule is Cc1c(C(C)C)oc2nc(C(C)C)ncc12. The van der Waals surface area contributed by atoms with Crippen LogP contribution in [0.15, 0.2) is 10.6 Å². The molecule has 0 atom stereocenters. The molecule has 0 saturated heterocycles. The van der Waals surface area contributed by atoms with Crippen molar-refractivity contribution in [3.8, 4) is 0 Å². The van der Waals surface area contributed by atoms with Gasteiger partial charge in [0.15, 0.2) is 0 Å². The smallest absolute Gasteiger partial charge is 0.229 e. The van der Waals surface area contributed by atoms with Crippen molar-refractivity contribution in [3.05, 3.63) is 23.3 Å². The Morgan fingerprint density at radius 3 is 2.38 bits per heavy atom. The number of rotatable bonds is 2. The monoisotopic (exact) mass is 218 g/mol. The van der Waals surface area contributed by atoms with E-state index in [0.29, 0.717) is 11.8 Å². The van der Waals surface area contributed by atoms with Crippen molar-refractivity contribution in [3.63, 3.8) is 0 Å². The van der Waals surface area contributed by atoms with Gasteiger partial charge in [0.05, 0.1) is 5.39 Å². The van der Waals surface area contributed by atoms with Gasteiger partial charge >= 0.3 is 0 Å². The van der Waals surface area contributed by atoms with Crippen LogP contribution in [0.4, 0.5) is 0 Å². The van der Waals surface area contributed by atoms with Crippen LogP contribution in [-0.4, -0.2) is 9.97 Å². The summed E-state index contributed by atoms with van der Waals surface area (Å²) in [6, 6.07) is 0. The third-order valence-electron chi connectivity index (χ3n) is 2.79. The first-order valence-electron chi connectivity index (χ1n) is 5.76. The lowest BCUT2D eigenvalue weighted by molar-refractivity contribution is 0.507. The van der Waals surface area contributed by atoms with Gasteiger partial charge in [0.25, 0.3) is 0 Å². The van der Waals surface area contributed by atoms with Gasteiger partial charge in [0.1, 0.15) is 11.6 Å².